The van der Waals surface area contributed by atoms with E-state index < -0.39 is 0 Å². The minimum Gasteiger partial charge on any atom is -0.230 e. The summed E-state index contributed by atoms with van der Waals surface area (Å²) < 4.78 is 2.83. The minimum absolute atomic E-state index is 0.798. The summed E-state index contributed by atoms with van der Waals surface area (Å²) in [6.45, 7) is 0. The third-order valence-corrected chi connectivity index (χ3v) is 2.82. The minimum atomic E-state index is 0.798. The number of aromatic nitrogens is 4. The summed E-state index contributed by atoms with van der Waals surface area (Å²) in [4.78, 5) is 8.24. The van der Waals surface area contributed by atoms with E-state index >= 15 is 0 Å². The van der Waals surface area contributed by atoms with Crippen molar-refractivity contribution in [3.63, 3.8) is 0 Å². The Labute approximate surface area is 99.3 Å². The smallest absolute Gasteiger partial charge is 0.157 e. The average Bonchev–Trinajstić information content (AvgIpc) is 2.65. The second-order valence-electron chi connectivity index (χ2n) is 2.52. The number of halogens is 1. The molecular weight excluding hydrogens is 311 g/mol. The number of nitrogens with zero attached hydrogens (tertiary/aromatic N) is 4. The Morgan fingerprint density at radius 1 is 1.43 bits per heavy atom. The molecule has 4 nitrogen and oxygen atoms in total. The van der Waals surface area contributed by atoms with E-state index in [1.807, 2.05) is 18.5 Å². The van der Waals surface area contributed by atoms with Crippen molar-refractivity contribution in [1.82, 2.24) is 19.7 Å². The van der Waals surface area contributed by atoms with Gasteiger partial charge >= 0.3 is 0 Å². The van der Waals surface area contributed by atoms with Gasteiger partial charge < -0.3 is 0 Å². The molecule has 0 unspecified atom stereocenters. The fraction of sp³-hybridized carbons (Fsp3) is 0.125. The van der Waals surface area contributed by atoms with Gasteiger partial charge in [0.15, 0.2) is 5.82 Å². The molecule has 0 saturated carbocycles. The van der Waals surface area contributed by atoms with Gasteiger partial charge in [0.25, 0.3) is 0 Å². The van der Waals surface area contributed by atoms with E-state index in [4.69, 9.17) is 0 Å². The Hall–Kier alpha value is -0.630. The van der Waals surface area contributed by atoms with Crippen molar-refractivity contribution in [1.29, 1.82) is 0 Å². The summed E-state index contributed by atoms with van der Waals surface area (Å²) in [6.07, 6.45) is 7.25. The lowest BCUT2D eigenvalue weighted by atomic mass is 10.6. The van der Waals surface area contributed by atoms with E-state index in [0.717, 1.165) is 14.4 Å². The Balaban J connectivity index is 2.41. The summed E-state index contributed by atoms with van der Waals surface area (Å²) in [5, 5.41) is 5.12. The molecule has 0 aliphatic heterocycles. The predicted molar refractivity (Wildman–Crippen MR) is 63.7 cm³/mol. The van der Waals surface area contributed by atoms with Crippen molar-refractivity contribution in [2.45, 2.75) is 5.03 Å². The van der Waals surface area contributed by atoms with Crippen molar-refractivity contribution in [3.8, 4) is 5.82 Å². The molecule has 0 radical (unpaired) electrons. The van der Waals surface area contributed by atoms with Crippen LogP contribution in [0.1, 0.15) is 0 Å². The van der Waals surface area contributed by atoms with Crippen LogP contribution in [0.5, 0.6) is 0 Å². The van der Waals surface area contributed by atoms with E-state index in [1.54, 1.807) is 29.0 Å². The highest BCUT2D eigenvalue weighted by Gasteiger charge is 2.01. The lowest BCUT2D eigenvalue weighted by Gasteiger charge is -2.00. The van der Waals surface area contributed by atoms with Crippen molar-refractivity contribution >= 4 is 34.4 Å². The van der Waals surface area contributed by atoms with Crippen LogP contribution in [-0.4, -0.2) is 26.0 Å². The monoisotopic (exact) mass is 318 g/mol. The van der Waals surface area contributed by atoms with Crippen molar-refractivity contribution < 1.29 is 0 Å². The maximum atomic E-state index is 4.17. The lowest BCUT2D eigenvalue weighted by Crippen LogP contribution is -1.98. The SMILES string of the molecule is CSc1cc(-n2cc(I)cn2)ncn1. The predicted octanol–water partition coefficient (Wildman–Crippen LogP) is 1.99. The molecule has 2 heterocycles. The molecule has 0 spiro atoms. The normalized spacial score (nSPS) is 10.4. The molecule has 0 aliphatic rings. The van der Waals surface area contributed by atoms with Gasteiger partial charge in [-0.15, -0.1) is 11.8 Å². The lowest BCUT2D eigenvalue weighted by molar-refractivity contribution is 0.827. The Morgan fingerprint density at radius 3 is 2.93 bits per heavy atom. The summed E-state index contributed by atoms with van der Waals surface area (Å²) in [6, 6.07) is 1.91. The summed E-state index contributed by atoms with van der Waals surface area (Å²) in [5.41, 5.74) is 0. The zero-order valence-electron chi connectivity index (χ0n) is 7.38. The molecular formula is C8H7IN4S. The first kappa shape index (κ1) is 9.91. The Morgan fingerprint density at radius 2 is 2.29 bits per heavy atom. The number of hydrogen-bond donors (Lipinski definition) is 0. The molecule has 0 atom stereocenters. The van der Waals surface area contributed by atoms with Crippen LogP contribution >= 0.6 is 34.4 Å². The molecule has 0 aromatic carbocycles. The zero-order chi connectivity index (χ0) is 9.97. The quantitative estimate of drug-likeness (QED) is 0.482. The third-order valence-electron chi connectivity index (χ3n) is 1.62. The highest BCUT2D eigenvalue weighted by Crippen LogP contribution is 2.13. The largest absolute Gasteiger partial charge is 0.230 e. The van der Waals surface area contributed by atoms with E-state index in [0.29, 0.717) is 0 Å². The van der Waals surface area contributed by atoms with Crippen LogP contribution in [0.15, 0.2) is 29.8 Å². The number of rotatable bonds is 2. The molecule has 2 rings (SSSR count). The second kappa shape index (κ2) is 4.26. The molecule has 0 amide bonds. The van der Waals surface area contributed by atoms with Crippen molar-refractivity contribution in [2.24, 2.45) is 0 Å². The summed E-state index contributed by atoms with van der Waals surface area (Å²) >= 11 is 3.80. The summed E-state index contributed by atoms with van der Waals surface area (Å²) in [7, 11) is 0. The molecule has 72 valence electrons. The topological polar surface area (TPSA) is 43.6 Å². The average molecular weight is 318 g/mol. The Bertz CT molecular complexity index is 442. The van der Waals surface area contributed by atoms with Gasteiger partial charge in [0.2, 0.25) is 0 Å². The molecule has 2 aromatic rings. The van der Waals surface area contributed by atoms with Gasteiger partial charge in [-0.05, 0) is 28.8 Å². The van der Waals surface area contributed by atoms with Crippen molar-refractivity contribution in [3.05, 3.63) is 28.4 Å². The van der Waals surface area contributed by atoms with Crippen LogP contribution in [0.4, 0.5) is 0 Å². The van der Waals surface area contributed by atoms with Crippen LogP contribution in [0.25, 0.3) is 5.82 Å². The van der Waals surface area contributed by atoms with Crippen molar-refractivity contribution in [2.75, 3.05) is 6.26 Å². The van der Waals surface area contributed by atoms with E-state index in [9.17, 15) is 0 Å². The molecule has 14 heavy (non-hydrogen) atoms. The van der Waals surface area contributed by atoms with Gasteiger partial charge in [0.05, 0.1) is 9.77 Å². The maximum absolute atomic E-state index is 4.17. The Kier molecular flexibility index (Phi) is 3.02. The first-order valence-corrected chi connectivity index (χ1v) is 6.16. The standard InChI is InChI=1S/C8H7IN4S/c1-14-8-2-7(10-5-11-8)13-4-6(9)3-12-13/h2-5H,1H3. The van der Waals surface area contributed by atoms with E-state index in [2.05, 4.69) is 37.7 Å². The molecule has 0 fully saturated rings. The van der Waals surface area contributed by atoms with Crippen LogP contribution in [0.2, 0.25) is 0 Å². The van der Waals surface area contributed by atoms with E-state index in [1.165, 1.54) is 0 Å². The van der Waals surface area contributed by atoms with Gasteiger partial charge in [-0.1, -0.05) is 0 Å². The highest BCUT2D eigenvalue weighted by molar-refractivity contribution is 14.1. The fourth-order valence-corrected chi connectivity index (χ4v) is 1.76. The highest BCUT2D eigenvalue weighted by atomic mass is 127. The molecule has 0 N–H and O–H groups in total. The third kappa shape index (κ3) is 2.06. The van der Waals surface area contributed by atoms with Crippen LogP contribution in [-0.2, 0) is 0 Å². The zero-order valence-corrected chi connectivity index (χ0v) is 10.4. The van der Waals surface area contributed by atoms with Gasteiger partial charge in [-0.2, -0.15) is 5.10 Å². The molecule has 0 bridgehead atoms. The number of hydrogen-bond acceptors (Lipinski definition) is 4. The maximum Gasteiger partial charge on any atom is 0.157 e. The molecule has 0 aliphatic carbocycles. The molecule has 6 heteroatoms. The molecule has 2 aromatic heterocycles. The molecule has 0 saturated heterocycles. The first-order chi connectivity index (χ1) is 6.79. The number of thioether (sulfide) groups is 1. The van der Waals surface area contributed by atoms with Gasteiger partial charge in [-0.3, -0.25) is 0 Å². The van der Waals surface area contributed by atoms with Gasteiger partial charge in [-0.25, -0.2) is 14.6 Å². The van der Waals surface area contributed by atoms with E-state index in [-0.39, 0.29) is 0 Å². The van der Waals surface area contributed by atoms with Gasteiger partial charge in [0.1, 0.15) is 11.4 Å². The summed E-state index contributed by atoms with van der Waals surface area (Å²) in [5.74, 6) is 0.798. The van der Waals surface area contributed by atoms with Crippen LogP contribution in [0.3, 0.4) is 0 Å². The van der Waals surface area contributed by atoms with Gasteiger partial charge in [0, 0.05) is 12.3 Å². The van der Waals surface area contributed by atoms with Crippen LogP contribution < -0.4 is 0 Å². The fourth-order valence-electron chi connectivity index (χ4n) is 0.993. The van der Waals surface area contributed by atoms with Crippen LogP contribution in [0, 0.1) is 3.57 Å². The first-order valence-electron chi connectivity index (χ1n) is 3.86. The second-order valence-corrected chi connectivity index (χ2v) is 4.59.